The summed E-state index contributed by atoms with van der Waals surface area (Å²) in [5.41, 5.74) is 11.6. The zero-order chi connectivity index (χ0) is 16.8. The van der Waals surface area contributed by atoms with Crippen LogP contribution in [0.15, 0.2) is 24.3 Å². The van der Waals surface area contributed by atoms with E-state index in [2.05, 4.69) is 10.6 Å². The van der Waals surface area contributed by atoms with Gasteiger partial charge >= 0.3 is 0 Å². The van der Waals surface area contributed by atoms with E-state index in [1.54, 1.807) is 24.3 Å². The number of carbonyl (C=O) groups is 3. The zero-order valence-corrected chi connectivity index (χ0v) is 12.9. The minimum absolute atomic E-state index is 0.0624. The summed E-state index contributed by atoms with van der Waals surface area (Å²) in [5.74, 6) is -0.950. The van der Waals surface area contributed by atoms with E-state index in [-0.39, 0.29) is 24.3 Å². The topological polar surface area (TPSA) is 127 Å². The molecule has 1 aromatic rings. The van der Waals surface area contributed by atoms with Gasteiger partial charge in [-0.3, -0.25) is 14.4 Å². The largest absolute Gasteiger partial charge is 0.368 e. The molecule has 124 valence electrons. The van der Waals surface area contributed by atoms with E-state index in [1.165, 1.54) is 0 Å². The second kappa shape index (κ2) is 7.73. The van der Waals surface area contributed by atoms with Gasteiger partial charge in [-0.1, -0.05) is 12.5 Å². The highest BCUT2D eigenvalue weighted by molar-refractivity contribution is 5.99. The van der Waals surface area contributed by atoms with Gasteiger partial charge in [-0.2, -0.15) is 0 Å². The van der Waals surface area contributed by atoms with Crippen molar-refractivity contribution in [1.29, 1.82) is 0 Å². The molecule has 7 heteroatoms. The van der Waals surface area contributed by atoms with E-state index >= 15 is 0 Å². The molecule has 0 radical (unpaired) electrons. The van der Waals surface area contributed by atoms with E-state index in [9.17, 15) is 14.4 Å². The minimum atomic E-state index is -0.614. The molecule has 1 saturated carbocycles. The maximum Gasteiger partial charge on any atom is 0.251 e. The summed E-state index contributed by atoms with van der Waals surface area (Å²) >= 11 is 0. The number of carbonyl (C=O) groups excluding carboxylic acids is 3. The first kappa shape index (κ1) is 17.0. The minimum Gasteiger partial charge on any atom is -0.368 e. The molecular weight excluding hydrogens is 296 g/mol. The Labute approximate surface area is 134 Å². The lowest BCUT2D eigenvalue weighted by Gasteiger charge is -2.17. The Bertz CT molecular complexity index is 603. The van der Waals surface area contributed by atoms with Crippen LogP contribution in [0.2, 0.25) is 0 Å². The highest BCUT2D eigenvalue weighted by Crippen LogP contribution is 2.31. The molecule has 1 fully saturated rings. The van der Waals surface area contributed by atoms with Crippen LogP contribution in [-0.2, 0) is 9.59 Å². The zero-order valence-electron chi connectivity index (χ0n) is 12.9. The predicted molar refractivity (Wildman–Crippen MR) is 86.5 cm³/mol. The molecule has 0 unspecified atom stereocenters. The first-order valence-corrected chi connectivity index (χ1v) is 7.68. The van der Waals surface area contributed by atoms with Gasteiger partial charge in [0.25, 0.3) is 5.91 Å². The van der Waals surface area contributed by atoms with Gasteiger partial charge in [-0.05, 0) is 43.5 Å². The lowest BCUT2D eigenvalue weighted by molar-refractivity contribution is -0.120. The molecule has 0 aromatic heterocycles. The van der Waals surface area contributed by atoms with Crippen LogP contribution in [0.1, 0.15) is 29.6 Å². The monoisotopic (exact) mass is 318 g/mol. The Kier molecular flexibility index (Phi) is 5.70. The highest BCUT2D eigenvalue weighted by atomic mass is 16.2. The van der Waals surface area contributed by atoms with Gasteiger partial charge in [0, 0.05) is 17.2 Å². The molecule has 1 aromatic carbocycles. The van der Waals surface area contributed by atoms with Crippen molar-refractivity contribution in [2.45, 2.75) is 19.3 Å². The van der Waals surface area contributed by atoms with Crippen molar-refractivity contribution in [3.05, 3.63) is 29.8 Å². The van der Waals surface area contributed by atoms with Crippen molar-refractivity contribution in [1.82, 2.24) is 5.32 Å². The summed E-state index contributed by atoms with van der Waals surface area (Å²) in [6.07, 6.45) is 2.83. The van der Waals surface area contributed by atoms with Gasteiger partial charge < -0.3 is 22.1 Å². The van der Waals surface area contributed by atoms with Crippen LogP contribution in [0.3, 0.4) is 0 Å². The number of hydrogen-bond acceptors (Lipinski definition) is 4. The Morgan fingerprint density at radius 1 is 1.22 bits per heavy atom. The number of hydrogen-bond donors (Lipinski definition) is 4. The van der Waals surface area contributed by atoms with Crippen LogP contribution in [0.25, 0.3) is 0 Å². The van der Waals surface area contributed by atoms with Gasteiger partial charge in [0.05, 0.1) is 6.54 Å². The van der Waals surface area contributed by atoms with Crippen LogP contribution >= 0.6 is 0 Å². The second-order valence-corrected chi connectivity index (χ2v) is 5.75. The SMILES string of the molecule is NC[C@H]1CCC[C@H]1C(=O)Nc1cccc(C(=O)NCC(N)=O)c1. The Morgan fingerprint density at radius 3 is 2.70 bits per heavy atom. The normalized spacial score (nSPS) is 20.0. The number of amides is 3. The van der Waals surface area contributed by atoms with Crippen molar-refractivity contribution in [3.63, 3.8) is 0 Å². The number of rotatable bonds is 6. The third kappa shape index (κ3) is 4.53. The molecule has 0 aliphatic heterocycles. The predicted octanol–water partition coefficient (Wildman–Crippen LogP) is 0.215. The first-order chi connectivity index (χ1) is 11.0. The third-order valence-electron chi connectivity index (χ3n) is 4.11. The van der Waals surface area contributed by atoms with E-state index in [1.807, 2.05) is 0 Å². The van der Waals surface area contributed by atoms with Gasteiger partial charge in [-0.25, -0.2) is 0 Å². The molecule has 23 heavy (non-hydrogen) atoms. The molecule has 2 atom stereocenters. The van der Waals surface area contributed by atoms with Crippen LogP contribution in [0, 0.1) is 11.8 Å². The van der Waals surface area contributed by atoms with Crippen LogP contribution < -0.4 is 22.1 Å². The van der Waals surface area contributed by atoms with E-state index in [4.69, 9.17) is 11.5 Å². The van der Waals surface area contributed by atoms with Crippen molar-refractivity contribution >= 4 is 23.4 Å². The number of primary amides is 1. The molecule has 3 amide bonds. The molecule has 0 heterocycles. The lowest BCUT2D eigenvalue weighted by atomic mass is 9.95. The van der Waals surface area contributed by atoms with Crippen LogP contribution in [0.5, 0.6) is 0 Å². The fraction of sp³-hybridized carbons (Fsp3) is 0.438. The molecule has 1 aliphatic rings. The first-order valence-electron chi connectivity index (χ1n) is 7.68. The second-order valence-electron chi connectivity index (χ2n) is 5.75. The summed E-state index contributed by atoms with van der Waals surface area (Å²) in [5, 5.41) is 5.25. The molecule has 6 N–H and O–H groups in total. The molecule has 7 nitrogen and oxygen atoms in total. The van der Waals surface area contributed by atoms with Crippen molar-refractivity contribution < 1.29 is 14.4 Å². The van der Waals surface area contributed by atoms with Crippen molar-refractivity contribution in [2.24, 2.45) is 23.3 Å². The van der Waals surface area contributed by atoms with Gasteiger partial charge in [0.2, 0.25) is 11.8 Å². The average Bonchev–Trinajstić information content (AvgIpc) is 3.01. The van der Waals surface area contributed by atoms with Crippen LogP contribution in [-0.4, -0.2) is 30.8 Å². The quantitative estimate of drug-likeness (QED) is 0.598. The lowest BCUT2D eigenvalue weighted by Crippen LogP contribution is -2.33. The molecule has 2 rings (SSSR count). The number of anilines is 1. The van der Waals surface area contributed by atoms with Gasteiger partial charge in [-0.15, -0.1) is 0 Å². The smallest absolute Gasteiger partial charge is 0.251 e. The van der Waals surface area contributed by atoms with Crippen molar-refractivity contribution in [2.75, 3.05) is 18.4 Å². The van der Waals surface area contributed by atoms with Crippen molar-refractivity contribution in [3.8, 4) is 0 Å². The van der Waals surface area contributed by atoms with Crippen LogP contribution in [0.4, 0.5) is 5.69 Å². The third-order valence-corrected chi connectivity index (χ3v) is 4.11. The molecule has 0 spiro atoms. The van der Waals surface area contributed by atoms with Gasteiger partial charge in [0.15, 0.2) is 0 Å². The maximum absolute atomic E-state index is 12.4. The molecule has 0 bridgehead atoms. The number of nitrogens with one attached hydrogen (secondary N) is 2. The van der Waals surface area contributed by atoms with E-state index in [0.29, 0.717) is 17.8 Å². The summed E-state index contributed by atoms with van der Waals surface area (Å²) in [6.45, 7) is 0.281. The summed E-state index contributed by atoms with van der Waals surface area (Å²) in [4.78, 5) is 34.9. The Morgan fingerprint density at radius 2 is 2.00 bits per heavy atom. The summed E-state index contributed by atoms with van der Waals surface area (Å²) in [6, 6.07) is 6.56. The number of benzene rings is 1. The summed E-state index contributed by atoms with van der Waals surface area (Å²) < 4.78 is 0. The number of nitrogens with two attached hydrogens (primary N) is 2. The fourth-order valence-corrected chi connectivity index (χ4v) is 2.91. The molecule has 1 aliphatic carbocycles. The molecule has 0 saturated heterocycles. The maximum atomic E-state index is 12.4. The van der Waals surface area contributed by atoms with Gasteiger partial charge in [0.1, 0.15) is 0 Å². The summed E-state index contributed by atoms with van der Waals surface area (Å²) in [7, 11) is 0. The Hall–Kier alpha value is -2.41. The molecular formula is C16H22N4O3. The Balaban J connectivity index is 2.00. The standard InChI is InChI=1S/C16H22N4O3/c17-8-11-4-2-6-13(11)16(23)20-12-5-1-3-10(7-12)15(22)19-9-14(18)21/h1,3,5,7,11,13H,2,4,6,8-9,17H2,(H2,18,21)(H,19,22)(H,20,23)/t11-,13-/m1/s1. The highest BCUT2D eigenvalue weighted by Gasteiger charge is 2.31. The average molecular weight is 318 g/mol. The fourth-order valence-electron chi connectivity index (χ4n) is 2.91. The van der Waals surface area contributed by atoms with E-state index in [0.717, 1.165) is 19.3 Å². The van der Waals surface area contributed by atoms with E-state index < -0.39 is 11.8 Å².